The molecule has 0 aliphatic carbocycles. The number of aromatic nitrogens is 2. The second-order valence-electron chi connectivity index (χ2n) is 7.41. The molecule has 34 heavy (non-hydrogen) atoms. The van der Waals surface area contributed by atoms with Crippen molar-refractivity contribution in [2.24, 2.45) is 0 Å². The molecular formula is C26H25N3O4S. The lowest BCUT2D eigenvalue weighted by Crippen LogP contribution is -2.25. The molecule has 174 valence electrons. The Kier molecular flexibility index (Phi) is 7.39. The molecule has 0 fully saturated rings. The second kappa shape index (κ2) is 10.8. The number of methoxy groups -OCH3 is 1. The van der Waals surface area contributed by atoms with Crippen LogP contribution in [0.15, 0.2) is 72.1 Å². The van der Waals surface area contributed by atoms with E-state index < -0.39 is 5.97 Å². The summed E-state index contributed by atoms with van der Waals surface area (Å²) in [4.78, 5) is 26.1. The topological polar surface area (TPSA) is 82.5 Å². The number of ether oxygens (including phenoxy) is 2. The Balaban J connectivity index is 1.56. The average molecular weight is 476 g/mol. The molecule has 1 amide bonds. The molecule has 0 atom stereocenters. The molecule has 0 radical (unpaired) electrons. The van der Waals surface area contributed by atoms with Gasteiger partial charge < -0.3 is 14.8 Å². The smallest absolute Gasteiger partial charge is 0.358 e. The van der Waals surface area contributed by atoms with Crippen LogP contribution in [0.5, 0.6) is 5.75 Å². The zero-order valence-electron chi connectivity index (χ0n) is 19.0. The van der Waals surface area contributed by atoms with Crippen molar-refractivity contribution in [2.45, 2.75) is 13.3 Å². The number of benzene rings is 2. The van der Waals surface area contributed by atoms with Gasteiger partial charge in [0.25, 0.3) is 5.91 Å². The number of rotatable bonds is 9. The number of carbonyl (C=O) groups excluding carboxylic acids is 2. The summed E-state index contributed by atoms with van der Waals surface area (Å²) in [6.45, 7) is 2.59. The predicted octanol–water partition coefficient (Wildman–Crippen LogP) is 4.76. The third-order valence-electron chi connectivity index (χ3n) is 5.19. The molecule has 2 aromatic carbocycles. The summed E-state index contributed by atoms with van der Waals surface area (Å²) < 4.78 is 12.1. The van der Waals surface area contributed by atoms with E-state index >= 15 is 0 Å². The minimum Gasteiger partial charge on any atom is -0.497 e. The Morgan fingerprint density at radius 2 is 1.82 bits per heavy atom. The molecule has 2 aromatic heterocycles. The third kappa shape index (κ3) is 5.35. The van der Waals surface area contributed by atoms with Crippen LogP contribution >= 0.6 is 11.3 Å². The maximum absolute atomic E-state index is 12.5. The van der Waals surface area contributed by atoms with Gasteiger partial charge in [0.2, 0.25) is 0 Å². The van der Waals surface area contributed by atoms with Crippen LogP contribution in [0.3, 0.4) is 0 Å². The Bertz CT molecular complexity index is 1250. The van der Waals surface area contributed by atoms with Crippen LogP contribution in [0.4, 0.5) is 0 Å². The van der Waals surface area contributed by atoms with Crippen molar-refractivity contribution in [3.63, 3.8) is 0 Å². The largest absolute Gasteiger partial charge is 0.497 e. The molecule has 0 bridgehead atoms. The van der Waals surface area contributed by atoms with Crippen LogP contribution < -0.4 is 10.1 Å². The predicted molar refractivity (Wildman–Crippen MR) is 132 cm³/mol. The van der Waals surface area contributed by atoms with E-state index in [9.17, 15) is 9.59 Å². The standard InChI is InChI=1S/C26H25N3O4S/c1-3-33-26(31)23-17-24(18-8-12-21(32-2)13-9-18)29(28-23)20-10-6-19(7-11-20)25(30)27-15-14-22-5-4-16-34-22/h4-13,16-17H,3,14-15H2,1-2H3,(H,27,30). The Labute approximate surface area is 202 Å². The first-order valence-corrected chi connectivity index (χ1v) is 11.8. The third-order valence-corrected chi connectivity index (χ3v) is 6.13. The molecule has 4 aromatic rings. The van der Waals surface area contributed by atoms with Crippen LogP contribution in [0.25, 0.3) is 16.9 Å². The van der Waals surface area contributed by atoms with E-state index in [4.69, 9.17) is 9.47 Å². The van der Waals surface area contributed by atoms with E-state index in [1.54, 1.807) is 48.3 Å². The Hall–Kier alpha value is -3.91. The molecule has 4 rings (SSSR count). The summed E-state index contributed by atoms with van der Waals surface area (Å²) in [6.07, 6.45) is 0.802. The van der Waals surface area contributed by atoms with Gasteiger partial charge in [-0.25, -0.2) is 9.48 Å². The zero-order chi connectivity index (χ0) is 23.9. The molecule has 2 heterocycles. The van der Waals surface area contributed by atoms with Crippen LogP contribution in [0, 0.1) is 0 Å². The van der Waals surface area contributed by atoms with E-state index in [0.29, 0.717) is 12.1 Å². The van der Waals surface area contributed by atoms with Gasteiger partial charge in [0, 0.05) is 22.5 Å². The number of nitrogens with zero attached hydrogens (tertiary/aromatic N) is 2. The van der Waals surface area contributed by atoms with Crippen LogP contribution in [0.2, 0.25) is 0 Å². The fourth-order valence-electron chi connectivity index (χ4n) is 3.46. The number of amides is 1. The highest BCUT2D eigenvalue weighted by Crippen LogP contribution is 2.26. The van der Waals surface area contributed by atoms with Gasteiger partial charge in [-0.1, -0.05) is 6.07 Å². The van der Waals surface area contributed by atoms with Gasteiger partial charge >= 0.3 is 5.97 Å². The molecule has 0 aliphatic heterocycles. The average Bonchev–Trinajstić information content (AvgIpc) is 3.55. The second-order valence-corrected chi connectivity index (χ2v) is 8.44. The molecular weight excluding hydrogens is 450 g/mol. The number of hydrogen-bond donors (Lipinski definition) is 1. The van der Waals surface area contributed by atoms with Crippen molar-refractivity contribution in [1.82, 2.24) is 15.1 Å². The fourth-order valence-corrected chi connectivity index (χ4v) is 4.17. The highest BCUT2D eigenvalue weighted by molar-refractivity contribution is 7.09. The van der Waals surface area contributed by atoms with Gasteiger partial charge in [-0.15, -0.1) is 11.3 Å². The molecule has 0 aliphatic rings. The van der Waals surface area contributed by atoms with Crippen molar-refractivity contribution < 1.29 is 19.1 Å². The summed E-state index contributed by atoms with van der Waals surface area (Å²) in [5.74, 6) is 0.110. The normalized spacial score (nSPS) is 10.6. The van der Waals surface area contributed by atoms with Crippen LogP contribution in [-0.2, 0) is 11.2 Å². The van der Waals surface area contributed by atoms with Gasteiger partial charge in [-0.2, -0.15) is 5.10 Å². The summed E-state index contributed by atoms with van der Waals surface area (Å²) in [6, 6.07) is 20.4. The van der Waals surface area contributed by atoms with Gasteiger partial charge in [-0.3, -0.25) is 4.79 Å². The summed E-state index contributed by atoms with van der Waals surface area (Å²) in [7, 11) is 1.61. The van der Waals surface area contributed by atoms with Crippen LogP contribution in [0.1, 0.15) is 32.6 Å². The summed E-state index contributed by atoms with van der Waals surface area (Å²) >= 11 is 1.68. The van der Waals surface area contributed by atoms with Crippen molar-refractivity contribution in [3.05, 3.63) is 88.2 Å². The molecule has 0 saturated carbocycles. The monoisotopic (exact) mass is 475 g/mol. The molecule has 7 nitrogen and oxygen atoms in total. The molecule has 0 unspecified atom stereocenters. The minimum atomic E-state index is -0.488. The van der Waals surface area contributed by atoms with Gasteiger partial charge in [-0.05, 0) is 79.4 Å². The lowest BCUT2D eigenvalue weighted by atomic mass is 10.1. The lowest BCUT2D eigenvalue weighted by molar-refractivity contribution is 0.0518. The Morgan fingerprint density at radius 3 is 2.47 bits per heavy atom. The van der Waals surface area contributed by atoms with Gasteiger partial charge in [0.05, 0.1) is 25.1 Å². The number of thiophene rings is 1. The minimum absolute atomic E-state index is 0.133. The fraction of sp³-hybridized carbons (Fsp3) is 0.192. The van der Waals surface area contributed by atoms with Crippen LogP contribution in [-0.4, -0.2) is 41.9 Å². The highest BCUT2D eigenvalue weighted by Gasteiger charge is 2.18. The zero-order valence-corrected chi connectivity index (χ0v) is 19.8. The van der Waals surface area contributed by atoms with Crippen molar-refractivity contribution in [3.8, 4) is 22.7 Å². The first kappa shape index (κ1) is 23.3. The first-order valence-electron chi connectivity index (χ1n) is 10.9. The van der Waals surface area contributed by atoms with E-state index in [0.717, 1.165) is 29.1 Å². The maximum atomic E-state index is 12.5. The number of nitrogens with one attached hydrogen (secondary N) is 1. The molecule has 0 spiro atoms. The lowest BCUT2D eigenvalue weighted by Gasteiger charge is -2.10. The SMILES string of the molecule is CCOC(=O)c1cc(-c2ccc(OC)cc2)n(-c2ccc(C(=O)NCCc3cccs3)cc2)n1. The van der Waals surface area contributed by atoms with Gasteiger partial charge in [0.1, 0.15) is 5.75 Å². The molecule has 0 saturated heterocycles. The maximum Gasteiger partial charge on any atom is 0.358 e. The van der Waals surface area contributed by atoms with Gasteiger partial charge in [0.15, 0.2) is 5.69 Å². The molecule has 8 heteroatoms. The Morgan fingerprint density at radius 1 is 1.06 bits per heavy atom. The number of carbonyl (C=O) groups is 2. The molecule has 1 N–H and O–H groups in total. The number of hydrogen-bond acceptors (Lipinski definition) is 6. The highest BCUT2D eigenvalue weighted by atomic mass is 32.1. The van der Waals surface area contributed by atoms with E-state index in [2.05, 4.69) is 16.5 Å². The number of esters is 1. The van der Waals surface area contributed by atoms with Crippen molar-refractivity contribution >= 4 is 23.2 Å². The summed E-state index contributed by atoms with van der Waals surface area (Å²) in [5.41, 5.74) is 3.07. The van der Waals surface area contributed by atoms with E-state index in [-0.39, 0.29) is 18.2 Å². The van der Waals surface area contributed by atoms with E-state index in [1.807, 2.05) is 47.8 Å². The van der Waals surface area contributed by atoms with Crippen molar-refractivity contribution in [1.29, 1.82) is 0 Å². The summed E-state index contributed by atoms with van der Waals surface area (Å²) in [5, 5.41) is 9.46. The first-order chi connectivity index (χ1) is 16.6. The van der Waals surface area contributed by atoms with E-state index in [1.165, 1.54) is 4.88 Å². The quantitative estimate of drug-likeness (QED) is 0.353. The van der Waals surface area contributed by atoms with Crippen molar-refractivity contribution in [2.75, 3.05) is 20.3 Å².